The number of likely N-dealkylation sites (N-methyl/N-ethyl adjacent to an activating group) is 1. The van der Waals surface area contributed by atoms with E-state index in [9.17, 15) is 13.2 Å². The fourth-order valence-corrected chi connectivity index (χ4v) is 2.69. The Morgan fingerprint density at radius 1 is 1.09 bits per heavy atom. The Bertz CT molecular complexity index is 777. The van der Waals surface area contributed by atoms with Crippen LogP contribution >= 0.6 is 15.9 Å². The summed E-state index contributed by atoms with van der Waals surface area (Å²) < 4.78 is 25.0. The van der Waals surface area contributed by atoms with Crippen molar-refractivity contribution in [3.05, 3.63) is 64.6 Å². The van der Waals surface area contributed by atoms with Gasteiger partial charge in [-0.15, -0.1) is 0 Å². The van der Waals surface area contributed by atoms with E-state index in [1.54, 1.807) is 24.3 Å². The molecule has 7 heteroatoms. The maximum atomic E-state index is 12.6. The van der Waals surface area contributed by atoms with Crippen LogP contribution in [-0.4, -0.2) is 31.9 Å². The number of hydrogen-bond acceptors (Lipinski definition) is 4. The van der Waals surface area contributed by atoms with Crippen LogP contribution < -0.4 is 5.32 Å². The summed E-state index contributed by atoms with van der Waals surface area (Å²) in [7, 11) is -2.36. The highest BCUT2D eigenvalue weighted by Crippen LogP contribution is 2.23. The lowest BCUT2D eigenvalue weighted by molar-refractivity contribution is -0.126. The molecular weight excluding hydrogens is 380 g/mol. The van der Waals surface area contributed by atoms with Crippen LogP contribution in [0.5, 0.6) is 0 Å². The van der Waals surface area contributed by atoms with Crippen molar-refractivity contribution in [3.63, 3.8) is 0 Å². The molecule has 0 heterocycles. The number of anilines is 1. The van der Waals surface area contributed by atoms with Crippen LogP contribution in [0.3, 0.4) is 0 Å². The highest BCUT2D eigenvalue weighted by molar-refractivity contribution is 9.10. The zero-order valence-corrected chi connectivity index (χ0v) is 15.1. The average molecular weight is 397 g/mol. The number of nitrogens with zero attached hydrogens (tertiary/aromatic N) is 1. The van der Waals surface area contributed by atoms with Crippen LogP contribution in [-0.2, 0) is 14.8 Å². The molecule has 0 saturated heterocycles. The molecule has 1 amide bonds. The Labute approximate surface area is 144 Å². The summed E-state index contributed by atoms with van der Waals surface area (Å²) in [6, 6.07) is 15.5. The molecule has 0 bridgehead atoms. The number of rotatable bonds is 5. The van der Waals surface area contributed by atoms with Crippen LogP contribution in [0.15, 0.2) is 59.1 Å². The van der Waals surface area contributed by atoms with E-state index in [-0.39, 0.29) is 0 Å². The second kappa shape index (κ2) is 7.14. The molecule has 1 N–H and O–H groups in total. The zero-order valence-electron chi connectivity index (χ0n) is 12.7. The molecule has 122 valence electrons. The quantitative estimate of drug-likeness (QED) is 0.843. The minimum Gasteiger partial charge on any atom is -0.370 e. The van der Waals surface area contributed by atoms with Gasteiger partial charge < -0.3 is 5.32 Å². The first-order valence-electron chi connectivity index (χ1n) is 6.84. The largest absolute Gasteiger partial charge is 0.370 e. The van der Waals surface area contributed by atoms with E-state index in [1.165, 1.54) is 7.05 Å². The van der Waals surface area contributed by atoms with E-state index in [2.05, 4.69) is 21.2 Å². The van der Waals surface area contributed by atoms with Crippen LogP contribution in [0.4, 0.5) is 5.69 Å². The molecule has 2 rings (SSSR count). The predicted molar refractivity (Wildman–Crippen MR) is 94.6 cm³/mol. The maximum Gasteiger partial charge on any atom is 0.262 e. The first kappa shape index (κ1) is 17.5. The Morgan fingerprint density at radius 2 is 1.65 bits per heavy atom. The van der Waals surface area contributed by atoms with Crippen molar-refractivity contribution >= 4 is 37.5 Å². The molecule has 0 fully saturated rings. The fraction of sp³-hybridized carbons (Fsp3) is 0.188. The van der Waals surface area contributed by atoms with E-state index in [0.29, 0.717) is 5.56 Å². The molecular formula is C16H17BrN2O3S. The third-order valence-corrected chi connectivity index (χ3v) is 5.05. The summed E-state index contributed by atoms with van der Waals surface area (Å²) in [6.07, 6.45) is 1.01. The number of amides is 1. The topological polar surface area (TPSA) is 66.5 Å². The van der Waals surface area contributed by atoms with E-state index in [4.69, 9.17) is 0 Å². The Morgan fingerprint density at radius 3 is 2.17 bits per heavy atom. The normalized spacial score (nSPS) is 12.5. The molecule has 2 aromatic carbocycles. The molecule has 0 saturated carbocycles. The molecule has 0 aromatic heterocycles. The smallest absolute Gasteiger partial charge is 0.262 e. The lowest BCUT2D eigenvalue weighted by Crippen LogP contribution is -2.38. The SMILES string of the molecule is CN(C(=O)C(Nc1ccc(Br)cc1)c1ccccc1)S(C)(=O)=O. The number of sulfonamides is 1. The second-order valence-electron chi connectivity index (χ2n) is 5.06. The van der Waals surface area contributed by atoms with E-state index >= 15 is 0 Å². The number of benzene rings is 2. The minimum absolute atomic E-state index is 0.540. The van der Waals surface area contributed by atoms with Crippen LogP contribution in [0.2, 0.25) is 0 Å². The van der Waals surface area contributed by atoms with Crippen molar-refractivity contribution in [2.24, 2.45) is 0 Å². The maximum absolute atomic E-state index is 12.6. The van der Waals surface area contributed by atoms with Crippen LogP contribution in [0, 0.1) is 0 Å². The van der Waals surface area contributed by atoms with Crippen LogP contribution in [0.25, 0.3) is 0 Å². The molecule has 0 aliphatic rings. The summed E-state index contributed by atoms with van der Waals surface area (Å²) >= 11 is 3.35. The number of halogens is 1. The van der Waals surface area contributed by atoms with E-state index < -0.39 is 22.0 Å². The molecule has 0 aliphatic heterocycles. The third kappa shape index (κ3) is 4.56. The van der Waals surface area contributed by atoms with Gasteiger partial charge in [0, 0.05) is 17.2 Å². The monoisotopic (exact) mass is 396 g/mol. The standard InChI is InChI=1S/C16H17BrN2O3S/c1-19(23(2,21)22)16(20)15(12-6-4-3-5-7-12)18-14-10-8-13(17)9-11-14/h3-11,15,18H,1-2H3. The fourth-order valence-electron chi connectivity index (χ4n) is 1.99. The van der Waals surface area contributed by atoms with Gasteiger partial charge in [0.15, 0.2) is 0 Å². The number of nitrogens with one attached hydrogen (secondary N) is 1. The Kier molecular flexibility index (Phi) is 5.43. The lowest BCUT2D eigenvalue weighted by atomic mass is 10.1. The van der Waals surface area contributed by atoms with E-state index in [0.717, 1.165) is 20.7 Å². The van der Waals surface area contributed by atoms with Gasteiger partial charge in [0.1, 0.15) is 6.04 Å². The van der Waals surface area contributed by atoms with Gasteiger partial charge in [-0.05, 0) is 29.8 Å². The number of carbonyl (C=O) groups is 1. The van der Waals surface area contributed by atoms with Gasteiger partial charge >= 0.3 is 0 Å². The predicted octanol–water partition coefficient (Wildman–Crippen LogP) is 3.02. The third-order valence-electron chi connectivity index (χ3n) is 3.34. The molecule has 2 aromatic rings. The van der Waals surface area contributed by atoms with Gasteiger partial charge in [-0.3, -0.25) is 4.79 Å². The lowest BCUT2D eigenvalue weighted by Gasteiger charge is -2.24. The average Bonchev–Trinajstić information content (AvgIpc) is 2.53. The van der Waals surface area contributed by atoms with Crippen molar-refractivity contribution in [2.45, 2.75) is 6.04 Å². The Balaban J connectivity index is 2.36. The van der Waals surface area contributed by atoms with Gasteiger partial charge in [0.05, 0.1) is 6.26 Å². The van der Waals surface area contributed by atoms with Gasteiger partial charge in [0.25, 0.3) is 5.91 Å². The molecule has 0 spiro atoms. The van der Waals surface area contributed by atoms with Gasteiger partial charge in [-0.2, -0.15) is 0 Å². The second-order valence-corrected chi connectivity index (χ2v) is 7.99. The molecule has 1 unspecified atom stereocenters. The van der Waals surface area contributed by atoms with Crippen molar-refractivity contribution < 1.29 is 13.2 Å². The highest BCUT2D eigenvalue weighted by atomic mass is 79.9. The highest BCUT2D eigenvalue weighted by Gasteiger charge is 2.28. The molecule has 23 heavy (non-hydrogen) atoms. The van der Waals surface area contributed by atoms with Crippen molar-refractivity contribution in [1.82, 2.24) is 4.31 Å². The van der Waals surface area contributed by atoms with Crippen molar-refractivity contribution in [3.8, 4) is 0 Å². The van der Waals surface area contributed by atoms with Gasteiger partial charge in [-0.25, -0.2) is 12.7 Å². The van der Waals surface area contributed by atoms with Crippen molar-refractivity contribution in [2.75, 3.05) is 18.6 Å². The summed E-state index contributed by atoms with van der Waals surface area (Å²) in [5.41, 5.74) is 1.41. The van der Waals surface area contributed by atoms with E-state index in [1.807, 2.05) is 30.3 Å². The number of carbonyl (C=O) groups excluding carboxylic acids is 1. The number of hydrogen-bond donors (Lipinski definition) is 1. The molecule has 5 nitrogen and oxygen atoms in total. The zero-order chi connectivity index (χ0) is 17.0. The Hall–Kier alpha value is -1.86. The summed E-state index contributed by atoms with van der Waals surface area (Å²) in [6.45, 7) is 0. The van der Waals surface area contributed by atoms with Gasteiger partial charge in [0.2, 0.25) is 10.0 Å². The molecule has 0 aliphatic carbocycles. The van der Waals surface area contributed by atoms with Crippen LogP contribution in [0.1, 0.15) is 11.6 Å². The summed E-state index contributed by atoms with van der Waals surface area (Å²) in [5.74, 6) is -0.540. The minimum atomic E-state index is -3.62. The first-order chi connectivity index (χ1) is 10.8. The van der Waals surface area contributed by atoms with Gasteiger partial charge in [-0.1, -0.05) is 46.3 Å². The molecule has 1 atom stereocenters. The summed E-state index contributed by atoms with van der Waals surface area (Å²) in [4.78, 5) is 12.6. The van der Waals surface area contributed by atoms with Crippen molar-refractivity contribution in [1.29, 1.82) is 0 Å². The first-order valence-corrected chi connectivity index (χ1v) is 9.48. The summed E-state index contributed by atoms with van der Waals surface area (Å²) in [5, 5.41) is 3.10. The molecule has 0 radical (unpaired) electrons.